The van der Waals surface area contributed by atoms with Crippen LogP contribution in [0.5, 0.6) is 0 Å². The number of halogens is 1. The minimum Gasteiger partial charge on any atom is -0.390 e. The summed E-state index contributed by atoms with van der Waals surface area (Å²) in [4.78, 5) is 24.8. The Morgan fingerprint density at radius 3 is 2.95 bits per heavy atom. The molecule has 2 aromatic rings. The Hall–Kier alpha value is -2.48. The van der Waals surface area contributed by atoms with Crippen molar-refractivity contribution in [2.45, 2.75) is 13.1 Å². The molecule has 20 heavy (non-hydrogen) atoms. The zero-order valence-electron chi connectivity index (χ0n) is 10.2. The average molecular weight is 296 g/mol. The topological polar surface area (TPSA) is 103 Å². The van der Waals surface area contributed by atoms with Crippen LogP contribution < -0.4 is 5.32 Å². The maximum Gasteiger partial charge on any atom is 0.490 e. The Balaban J connectivity index is 1.87. The highest BCUT2D eigenvalue weighted by atomic mass is 35.5. The van der Waals surface area contributed by atoms with E-state index >= 15 is 0 Å². The first-order valence-corrected chi connectivity index (χ1v) is 5.97. The zero-order chi connectivity index (χ0) is 14.5. The van der Waals surface area contributed by atoms with Crippen molar-refractivity contribution < 1.29 is 9.72 Å². The van der Waals surface area contributed by atoms with Crippen molar-refractivity contribution in [3.8, 4) is 0 Å². The van der Waals surface area contributed by atoms with Crippen molar-refractivity contribution in [1.29, 1.82) is 0 Å². The van der Waals surface area contributed by atoms with Gasteiger partial charge in [0.1, 0.15) is 6.54 Å². The van der Waals surface area contributed by atoms with E-state index in [9.17, 15) is 14.9 Å². The molecule has 0 bridgehead atoms. The van der Waals surface area contributed by atoms with Crippen molar-refractivity contribution in [3.63, 3.8) is 0 Å². The number of rotatable bonds is 5. The molecule has 0 fully saturated rings. The van der Waals surface area contributed by atoms with Crippen LogP contribution in [0.4, 0.5) is 5.95 Å². The number of nitrogens with one attached hydrogen (secondary N) is 1. The van der Waals surface area contributed by atoms with Gasteiger partial charge >= 0.3 is 5.95 Å². The van der Waals surface area contributed by atoms with E-state index in [4.69, 9.17) is 11.6 Å². The van der Waals surface area contributed by atoms with Gasteiger partial charge in [-0.3, -0.25) is 4.79 Å². The highest BCUT2D eigenvalue weighted by molar-refractivity contribution is 6.30. The second-order valence-electron chi connectivity index (χ2n) is 3.91. The van der Waals surface area contributed by atoms with Crippen molar-refractivity contribution in [3.05, 3.63) is 51.3 Å². The van der Waals surface area contributed by atoms with Gasteiger partial charge in [0.05, 0.1) is 0 Å². The van der Waals surface area contributed by atoms with Crippen LogP contribution in [0, 0.1) is 10.1 Å². The van der Waals surface area contributed by atoms with Gasteiger partial charge in [-0.05, 0) is 22.6 Å². The molecule has 0 aliphatic carbocycles. The average Bonchev–Trinajstić information content (AvgIpc) is 2.85. The molecular weight excluding hydrogens is 286 g/mol. The van der Waals surface area contributed by atoms with E-state index in [0.717, 1.165) is 16.6 Å². The van der Waals surface area contributed by atoms with E-state index < -0.39 is 10.9 Å². The molecule has 1 aromatic heterocycles. The molecule has 104 valence electrons. The van der Waals surface area contributed by atoms with Gasteiger partial charge in [-0.25, -0.2) is 0 Å². The largest absolute Gasteiger partial charge is 0.490 e. The van der Waals surface area contributed by atoms with Crippen LogP contribution in [0.3, 0.4) is 0 Å². The van der Waals surface area contributed by atoms with Gasteiger partial charge in [-0.1, -0.05) is 28.7 Å². The van der Waals surface area contributed by atoms with Crippen LogP contribution in [0.2, 0.25) is 5.02 Å². The second-order valence-corrected chi connectivity index (χ2v) is 4.34. The molecule has 0 unspecified atom stereocenters. The molecule has 1 amide bonds. The molecule has 1 N–H and O–H groups in total. The molecule has 0 aliphatic heterocycles. The predicted octanol–water partition coefficient (Wildman–Crippen LogP) is 1.16. The molecule has 0 atom stereocenters. The van der Waals surface area contributed by atoms with Gasteiger partial charge < -0.3 is 15.4 Å². The summed E-state index contributed by atoms with van der Waals surface area (Å²) in [6.07, 6.45) is 1.14. The van der Waals surface area contributed by atoms with E-state index in [-0.39, 0.29) is 12.5 Å². The number of amides is 1. The smallest absolute Gasteiger partial charge is 0.390 e. The fraction of sp³-hybridized carbons (Fsp3) is 0.182. The molecule has 9 heteroatoms. The Morgan fingerprint density at radius 2 is 2.30 bits per heavy atom. The lowest BCUT2D eigenvalue weighted by molar-refractivity contribution is -0.394. The van der Waals surface area contributed by atoms with Crippen LogP contribution in [0.15, 0.2) is 30.6 Å². The summed E-state index contributed by atoms with van der Waals surface area (Å²) in [7, 11) is 0. The molecule has 1 aromatic carbocycles. The van der Waals surface area contributed by atoms with Crippen molar-refractivity contribution >= 4 is 23.5 Å². The number of aromatic nitrogens is 3. The van der Waals surface area contributed by atoms with Crippen LogP contribution in [0.25, 0.3) is 0 Å². The summed E-state index contributed by atoms with van der Waals surface area (Å²) in [5, 5.41) is 17.2. The molecule has 0 saturated heterocycles. The van der Waals surface area contributed by atoms with E-state index in [1.807, 2.05) is 6.07 Å². The quantitative estimate of drug-likeness (QED) is 0.658. The first-order chi connectivity index (χ1) is 9.54. The summed E-state index contributed by atoms with van der Waals surface area (Å²) >= 11 is 5.82. The molecule has 1 heterocycles. The number of benzene rings is 1. The highest BCUT2D eigenvalue weighted by Gasteiger charge is 2.14. The number of hydrogen-bond acceptors (Lipinski definition) is 5. The molecule has 8 nitrogen and oxygen atoms in total. The Kier molecular flexibility index (Phi) is 4.26. The summed E-state index contributed by atoms with van der Waals surface area (Å²) in [5.74, 6) is -0.864. The van der Waals surface area contributed by atoms with Gasteiger partial charge in [0, 0.05) is 16.7 Å². The van der Waals surface area contributed by atoms with Crippen LogP contribution in [0.1, 0.15) is 5.56 Å². The van der Waals surface area contributed by atoms with E-state index in [2.05, 4.69) is 15.4 Å². The van der Waals surface area contributed by atoms with Crippen LogP contribution in [-0.4, -0.2) is 25.6 Å². The maximum absolute atomic E-state index is 11.6. The molecular formula is C11H10ClN5O3. The second kappa shape index (κ2) is 6.11. The van der Waals surface area contributed by atoms with E-state index in [0.29, 0.717) is 11.6 Å². The highest BCUT2D eigenvalue weighted by Crippen LogP contribution is 2.10. The monoisotopic (exact) mass is 295 g/mol. The molecule has 0 saturated carbocycles. The minimum atomic E-state index is -0.722. The molecule has 0 radical (unpaired) electrons. The lowest BCUT2D eigenvalue weighted by Crippen LogP contribution is -2.27. The predicted molar refractivity (Wildman–Crippen MR) is 70.0 cm³/mol. The number of hydrogen-bond donors (Lipinski definition) is 1. The van der Waals surface area contributed by atoms with Crippen LogP contribution in [-0.2, 0) is 17.9 Å². The molecule has 2 rings (SSSR count). The Bertz CT molecular complexity index is 642. The third-order valence-corrected chi connectivity index (χ3v) is 2.61. The first-order valence-electron chi connectivity index (χ1n) is 5.59. The first kappa shape index (κ1) is 13.9. The fourth-order valence-corrected chi connectivity index (χ4v) is 1.71. The Morgan fingerprint density at radius 1 is 1.50 bits per heavy atom. The third-order valence-electron chi connectivity index (χ3n) is 2.37. The number of nitrogens with zero attached hydrogens (tertiary/aromatic N) is 4. The third kappa shape index (κ3) is 3.75. The lowest BCUT2D eigenvalue weighted by Gasteiger charge is -2.04. The van der Waals surface area contributed by atoms with Crippen molar-refractivity contribution in [2.24, 2.45) is 0 Å². The van der Waals surface area contributed by atoms with Gasteiger partial charge in [-0.15, -0.1) is 0 Å². The standard InChI is InChI=1S/C11H10ClN5O3/c12-9-3-1-2-8(4-9)5-13-10(18)6-16-7-14-11(15-16)17(19)20/h1-4,7H,5-6H2,(H,13,18). The zero-order valence-corrected chi connectivity index (χ0v) is 10.9. The molecule has 0 spiro atoms. The van der Waals surface area contributed by atoms with Gasteiger partial charge in [0.15, 0.2) is 0 Å². The fourth-order valence-electron chi connectivity index (χ4n) is 1.50. The van der Waals surface area contributed by atoms with E-state index in [1.165, 1.54) is 0 Å². The van der Waals surface area contributed by atoms with Gasteiger partial charge in [0.25, 0.3) is 0 Å². The number of carbonyl (C=O) groups excluding carboxylic acids is 1. The van der Waals surface area contributed by atoms with E-state index in [1.54, 1.807) is 18.2 Å². The number of carbonyl (C=O) groups is 1. The van der Waals surface area contributed by atoms with Gasteiger partial charge in [-0.2, -0.15) is 4.68 Å². The SMILES string of the molecule is O=C(Cn1cnc([N+](=O)[O-])n1)NCc1cccc(Cl)c1. The minimum absolute atomic E-state index is 0.137. The normalized spacial score (nSPS) is 10.2. The maximum atomic E-state index is 11.6. The summed E-state index contributed by atoms with van der Waals surface area (Å²) in [6, 6.07) is 7.08. The number of nitro groups is 1. The Labute approximate surface area is 118 Å². The molecule has 0 aliphatic rings. The lowest BCUT2D eigenvalue weighted by atomic mass is 10.2. The van der Waals surface area contributed by atoms with Crippen molar-refractivity contribution in [1.82, 2.24) is 20.1 Å². The van der Waals surface area contributed by atoms with Crippen molar-refractivity contribution in [2.75, 3.05) is 0 Å². The summed E-state index contributed by atoms with van der Waals surface area (Å²) in [6.45, 7) is 0.178. The summed E-state index contributed by atoms with van der Waals surface area (Å²) in [5.41, 5.74) is 0.857. The van der Waals surface area contributed by atoms with Gasteiger partial charge in [0.2, 0.25) is 12.2 Å². The van der Waals surface area contributed by atoms with Crippen LogP contribution >= 0.6 is 11.6 Å². The summed E-state index contributed by atoms with van der Waals surface area (Å²) < 4.78 is 1.10.